The van der Waals surface area contributed by atoms with E-state index in [0.29, 0.717) is 37.5 Å². The molecular formula is C16H21FN4O2. The normalized spacial score (nSPS) is 24.1. The fourth-order valence-corrected chi connectivity index (χ4v) is 3.13. The number of hydrogen-bond donors (Lipinski definition) is 0. The molecular weight excluding hydrogens is 299 g/mol. The number of carbonyl (C=O) groups excluding carboxylic acids is 1. The third kappa shape index (κ3) is 3.60. The van der Waals surface area contributed by atoms with Crippen molar-refractivity contribution in [3.63, 3.8) is 0 Å². The van der Waals surface area contributed by atoms with Crippen molar-refractivity contribution in [2.45, 2.75) is 31.5 Å². The Bertz CT molecular complexity index is 581. The minimum absolute atomic E-state index is 0.0466. The van der Waals surface area contributed by atoms with Gasteiger partial charge in [0.1, 0.15) is 18.3 Å². The quantitative estimate of drug-likeness (QED) is 0.842. The zero-order valence-electron chi connectivity index (χ0n) is 13.2. The van der Waals surface area contributed by atoms with E-state index in [2.05, 4.69) is 9.97 Å². The van der Waals surface area contributed by atoms with Gasteiger partial charge in [-0.15, -0.1) is 0 Å². The molecule has 6 nitrogen and oxygen atoms in total. The van der Waals surface area contributed by atoms with Crippen molar-refractivity contribution in [1.29, 1.82) is 0 Å². The Morgan fingerprint density at radius 3 is 3.13 bits per heavy atom. The molecule has 0 aliphatic carbocycles. The zero-order valence-corrected chi connectivity index (χ0v) is 13.2. The minimum atomic E-state index is -0.907. The average molecular weight is 320 g/mol. The van der Waals surface area contributed by atoms with E-state index in [0.717, 1.165) is 12.8 Å². The van der Waals surface area contributed by atoms with Crippen molar-refractivity contribution in [1.82, 2.24) is 14.9 Å². The smallest absolute Gasteiger partial charge is 0.252 e. The van der Waals surface area contributed by atoms with Crippen molar-refractivity contribution < 1.29 is 13.9 Å². The third-order valence-electron chi connectivity index (χ3n) is 4.26. The Hall–Kier alpha value is -2.18. The maximum atomic E-state index is 13.9. The Balaban J connectivity index is 1.67. The summed E-state index contributed by atoms with van der Waals surface area (Å²) >= 11 is 0. The lowest BCUT2D eigenvalue weighted by Crippen LogP contribution is -2.42. The highest BCUT2D eigenvalue weighted by Crippen LogP contribution is 2.26. The number of ether oxygens (including phenoxy) is 1. The number of anilines is 1. The largest absolute Gasteiger partial charge is 0.501 e. The van der Waals surface area contributed by atoms with Crippen molar-refractivity contribution in [3.8, 4) is 0 Å². The molecule has 23 heavy (non-hydrogen) atoms. The van der Waals surface area contributed by atoms with Gasteiger partial charge in [0.2, 0.25) is 0 Å². The van der Waals surface area contributed by atoms with Crippen LogP contribution in [0.1, 0.15) is 19.3 Å². The second-order valence-electron chi connectivity index (χ2n) is 6.01. The van der Waals surface area contributed by atoms with Gasteiger partial charge >= 0.3 is 0 Å². The molecule has 1 aromatic heterocycles. The summed E-state index contributed by atoms with van der Waals surface area (Å²) in [5.74, 6) is 0.654. The molecule has 0 spiro atoms. The molecule has 1 amide bonds. The zero-order chi connectivity index (χ0) is 16.2. The summed E-state index contributed by atoms with van der Waals surface area (Å²) < 4.78 is 19.1. The van der Waals surface area contributed by atoms with Gasteiger partial charge in [-0.25, -0.2) is 14.4 Å². The van der Waals surface area contributed by atoms with Crippen LogP contribution in [0.4, 0.5) is 10.2 Å². The summed E-state index contributed by atoms with van der Waals surface area (Å²) in [5.41, 5.74) is 0.683. The predicted octanol–water partition coefficient (Wildman–Crippen LogP) is 1.55. The van der Waals surface area contributed by atoms with Crippen LogP contribution < -0.4 is 4.90 Å². The molecule has 2 aliphatic rings. The maximum Gasteiger partial charge on any atom is 0.252 e. The number of aromatic nitrogens is 2. The highest BCUT2D eigenvalue weighted by Gasteiger charge is 2.34. The predicted molar refractivity (Wildman–Crippen MR) is 83.6 cm³/mol. The first-order valence-electron chi connectivity index (χ1n) is 7.88. The number of nitrogens with zero attached hydrogens (tertiary/aromatic N) is 4. The van der Waals surface area contributed by atoms with Crippen LogP contribution in [0, 0.1) is 0 Å². The molecule has 124 valence electrons. The van der Waals surface area contributed by atoms with E-state index in [1.165, 1.54) is 6.33 Å². The van der Waals surface area contributed by atoms with E-state index in [-0.39, 0.29) is 11.9 Å². The SMILES string of the molecule is CN(C[C@@H]1C[C@H](F)CN1c1ccncn1)C(=O)C1=COCCC1. The lowest BCUT2D eigenvalue weighted by Gasteiger charge is -2.29. The lowest BCUT2D eigenvalue weighted by molar-refractivity contribution is -0.126. The molecule has 3 heterocycles. The van der Waals surface area contributed by atoms with Gasteiger partial charge in [0.15, 0.2) is 0 Å². The van der Waals surface area contributed by atoms with Crippen LogP contribution in [-0.4, -0.2) is 59.7 Å². The molecule has 1 fully saturated rings. The third-order valence-corrected chi connectivity index (χ3v) is 4.26. The minimum Gasteiger partial charge on any atom is -0.501 e. The van der Waals surface area contributed by atoms with Crippen molar-refractivity contribution in [2.75, 3.05) is 31.6 Å². The van der Waals surface area contributed by atoms with Crippen molar-refractivity contribution >= 4 is 11.7 Å². The molecule has 2 aliphatic heterocycles. The number of halogens is 1. The van der Waals surface area contributed by atoms with Crippen molar-refractivity contribution in [2.24, 2.45) is 0 Å². The molecule has 0 saturated carbocycles. The van der Waals surface area contributed by atoms with Gasteiger partial charge in [0.05, 0.1) is 31.0 Å². The number of hydrogen-bond acceptors (Lipinski definition) is 5. The maximum absolute atomic E-state index is 13.9. The highest BCUT2D eigenvalue weighted by atomic mass is 19.1. The average Bonchev–Trinajstić information content (AvgIpc) is 2.96. The molecule has 2 atom stereocenters. The second-order valence-corrected chi connectivity index (χ2v) is 6.01. The molecule has 0 unspecified atom stereocenters. The topological polar surface area (TPSA) is 58.6 Å². The van der Waals surface area contributed by atoms with Crippen LogP contribution in [-0.2, 0) is 9.53 Å². The Morgan fingerprint density at radius 2 is 2.43 bits per heavy atom. The van der Waals surface area contributed by atoms with E-state index in [9.17, 15) is 9.18 Å². The van der Waals surface area contributed by atoms with E-state index in [1.807, 2.05) is 4.90 Å². The summed E-state index contributed by atoms with van der Waals surface area (Å²) in [5, 5.41) is 0. The van der Waals surface area contributed by atoms with Crippen molar-refractivity contribution in [3.05, 3.63) is 30.4 Å². The van der Waals surface area contributed by atoms with E-state index in [1.54, 1.807) is 30.5 Å². The summed E-state index contributed by atoms with van der Waals surface area (Å²) in [7, 11) is 1.75. The number of rotatable bonds is 4. The molecule has 1 saturated heterocycles. The van der Waals surface area contributed by atoms with Gasteiger partial charge in [0.25, 0.3) is 5.91 Å². The standard InChI is InChI=1S/C16H21FN4O2/c1-20(16(22)12-3-2-6-23-10-12)9-14-7-13(17)8-21(14)15-4-5-18-11-19-15/h4-5,10-11,13-14H,2-3,6-9H2,1H3/t13-,14-/m0/s1. The molecule has 0 bridgehead atoms. The Morgan fingerprint density at radius 1 is 1.57 bits per heavy atom. The fraction of sp³-hybridized carbons (Fsp3) is 0.562. The van der Waals surface area contributed by atoms with Gasteiger partial charge in [-0.2, -0.15) is 0 Å². The van der Waals surface area contributed by atoms with Gasteiger partial charge < -0.3 is 14.5 Å². The first kappa shape index (κ1) is 15.7. The number of carbonyl (C=O) groups is 1. The van der Waals surface area contributed by atoms with Crippen LogP contribution in [0.25, 0.3) is 0 Å². The lowest BCUT2D eigenvalue weighted by atomic mass is 10.1. The number of amides is 1. The molecule has 3 rings (SSSR count). The monoisotopic (exact) mass is 320 g/mol. The van der Waals surface area contributed by atoms with Gasteiger partial charge in [-0.05, 0) is 18.9 Å². The van der Waals surface area contributed by atoms with E-state index >= 15 is 0 Å². The summed E-state index contributed by atoms with van der Waals surface area (Å²) in [6, 6.07) is 1.68. The van der Waals surface area contributed by atoms with Gasteiger partial charge in [-0.1, -0.05) is 0 Å². The Kier molecular flexibility index (Phi) is 4.73. The fourth-order valence-electron chi connectivity index (χ4n) is 3.13. The second kappa shape index (κ2) is 6.93. The number of likely N-dealkylation sites (N-methyl/N-ethyl adjacent to an activating group) is 1. The Labute approximate surface area is 135 Å². The molecule has 0 aromatic carbocycles. The molecule has 1 aromatic rings. The van der Waals surface area contributed by atoms with Crippen LogP contribution in [0.3, 0.4) is 0 Å². The first-order chi connectivity index (χ1) is 11.1. The van der Waals surface area contributed by atoms with E-state index < -0.39 is 6.17 Å². The molecule has 0 N–H and O–H groups in total. The summed E-state index contributed by atoms with van der Waals surface area (Å²) in [6.07, 6.45) is 5.73. The summed E-state index contributed by atoms with van der Waals surface area (Å²) in [6.45, 7) is 1.42. The van der Waals surface area contributed by atoms with Crippen LogP contribution in [0.15, 0.2) is 30.4 Å². The van der Waals surface area contributed by atoms with E-state index in [4.69, 9.17) is 4.74 Å². The van der Waals surface area contributed by atoms with Crippen LogP contribution >= 0.6 is 0 Å². The van der Waals surface area contributed by atoms with Crippen LogP contribution in [0.5, 0.6) is 0 Å². The number of alkyl halides is 1. The highest BCUT2D eigenvalue weighted by molar-refractivity contribution is 5.93. The molecule has 7 heteroatoms. The van der Waals surface area contributed by atoms with Gasteiger partial charge in [0, 0.05) is 26.2 Å². The van der Waals surface area contributed by atoms with Gasteiger partial charge in [-0.3, -0.25) is 4.79 Å². The molecule has 0 radical (unpaired) electrons. The first-order valence-corrected chi connectivity index (χ1v) is 7.88. The van der Waals surface area contributed by atoms with Crippen LogP contribution in [0.2, 0.25) is 0 Å². The summed E-state index contributed by atoms with van der Waals surface area (Å²) in [4.78, 5) is 24.1.